The molecule has 0 N–H and O–H groups in total. The van der Waals surface area contributed by atoms with Gasteiger partial charge in [-0.25, -0.2) is 0 Å². The van der Waals surface area contributed by atoms with E-state index in [1.54, 1.807) is 0 Å². The summed E-state index contributed by atoms with van der Waals surface area (Å²) in [6.07, 6.45) is 0. The summed E-state index contributed by atoms with van der Waals surface area (Å²) in [5.74, 6) is 1.54. The monoisotopic (exact) mass is 581 g/mol. The Balaban J connectivity index is 1.60. The summed E-state index contributed by atoms with van der Waals surface area (Å²) in [7, 11) is 0. The predicted octanol–water partition coefficient (Wildman–Crippen LogP) is 6.41. The normalized spacial score (nSPS) is 15.6. The highest BCUT2D eigenvalue weighted by molar-refractivity contribution is 14.1. The highest BCUT2D eigenvalue weighted by Crippen LogP contribution is 2.43. The molecule has 0 amide bonds. The molecule has 1 aliphatic heterocycles. The zero-order valence-electron chi connectivity index (χ0n) is 14.9. The lowest BCUT2D eigenvalue weighted by Gasteiger charge is -2.21. The Morgan fingerprint density at radius 1 is 0.926 bits per heavy atom. The Bertz CT molecular complexity index is 899. The van der Waals surface area contributed by atoms with Crippen LogP contribution >= 0.6 is 45.2 Å². The fourth-order valence-corrected chi connectivity index (χ4v) is 5.35. The van der Waals surface area contributed by atoms with E-state index >= 15 is 0 Å². The molecular formula is C23H21I2NO. The Morgan fingerprint density at radius 2 is 1.59 bits per heavy atom. The second kappa shape index (κ2) is 8.82. The third-order valence-corrected chi connectivity index (χ3v) is 6.88. The van der Waals surface area contributed by atoms with E-state index in [2.05, 4.69) is 117 Å². The first-order valence-corrected chi connectivity index (χ1v) is 11.7. The van der Waals surface area contributed by atoms with Crippen LogP contribution in [0.1, 0.15) is 22.6 Å². The number of fused-ring (bicyclic) bond motifs is 1. The number of rotatable bonds is 6. The fraction of sp³-hybridized carbons (Fsp3) is 0.217. The molecule has 0 aliphatic carbocycles. The summed E-state index contributed by atoms with van der Waals surface area (Å²) in [6.45, 7) is 2.62. The van der Waals surface area contributed by atoms with Crippen molar-refractivity contribution < 1.29 is 4.74 Å². The first-order valence-electron chi connectivity index (χ1n) is 9.09. The minimum Gasteiger partial charge on any atom is -0.489 e. The highest BCUT2D eigenvalue weighted by Gasteiger charge is 2.30. The molecule has 138 valence electrons. The molecule has 3 aromatic rings. The van der Waals surface area contributed by atoms with Gasteiger partial charge >= 0.3 is 0 Å². The second-order valence-corrected chi connectivity index (χ2v) is 8.87. The molecule has 3 aromatic carbocycles. The molecule has 0 saturated carbocycles. The summed E-state index contributed by atoms with van der Waals surface area (Å²) in [5, 5.41) is 0. The molecule has 1 aliphatic rings. The quantitative estimate of drug-likeness (QED) is 0.247. The number of benzene rings is 3. The van der Waals surface area contributed by atoms with Gasteiger partial charge in [0.05, 0.1) is 0 Å². The van der Waals surface area contributed by atoms with Crippen LogP contribution in [0.2, 0.25) is 0 Å². The number of hydrogen-bond donors (Lipinski definition) is 0. The molecule has 4 rings (SSSR count). The standard InChI is InChI=1S/C23H21I2NO/c24-13-19-15-26(14-17-7-3-1-4-8-17)22-12-20(11-21(25)23(19)22)27-16-18-9-5-2-6-10-18/h1-12,19H,13-16H2. The Kier molecular flexibility index (Phi) is 6.22. The van der Waals surface area contributed by atoms with Crippen molar-refractivity contribution in [1.29, 1.82) is 0 Å². The maximum absolute atomic E-state index is 6.13. The van der Waals surface area contributed by atoms with Crippen LogP contribution in [0.5, 0.6) is 5.75 Å². The molecule has 4 heteroatoms. The van der Waals surface area contributed by atoms with Gasteiger partial charge < -0.3 is 9.64 Å². The van der Waals surface area contributed by atoms with E-state index in [1.165, 1.54) is 25.9 Å². The van der Waals surface area contributed by atoms with Crippen LogP contribution in [0, 0.1) is 3.57 Å². The smallest absolute Gasteiger partial charge is 0.122 e. The van der Waals surface area contributed by atoms with Crippen LogP contribution in [-0.4, -0.2) is 11.0 Å². The van der Waals surface area contributed by atoms with Gasteiger partial charge in [0.25, 0.3) is 0 Å². The van der Waals surface area contributed by atoms with Gasteiger partial charge in [-0.2, -0.15) is 0 Å². The summed E-state index contributed by atoms with van der Waals surface area (Å²) >= 11 is 4.99. The van der Waals surface area contributed by atoms with Gasteiger partial charge in [-0.15, -0.1) is 0 Å². The third kappa shape index (κ3) is 4.42. The van der Waals surface area contributed by atoms with E-state index in [4.69, 9.17) is 4.74 Å². The molecule has 27 heavy (non-hydrogen) atoms. The third-order valence-electron chi connectivity index (χ3n) is 4.92. The average Bonchev–Trinajstić information content (AvgIpc) is 3.06. The number of nitrogens with zero attached hydrogens (tertiary/aromatic N) is 1. The number of anilines is 1. The van der Waals surface area contributed by atoms with Crippen molar-refractivity contribution in [1.82, 2.24) is 0 Å². The van der Waals surface area contributed by atoms with Gasteiger partial charge in [-0.3, -0.25) is 0 Å². The minimum atomic E-state index is 0.583. The molecule has 0 fully saturated rings. The summed E-state index contributed by atoms with van der Waals surface area (Å²) in [6, 6.07) is 25.5. The minimum absolute atomic E-state index is 0.583. The van der Waals surface area contributed by atoms with E-state index in [0.29, 0.717) is 12.5 Å². The van der Waals surface area contributed by atoms with Crippen LogP contribution < -0.4 is 9.64 Å². The first kappa shape index (κ1) is 19.1. The SMILES string of the molecule is ICC1CN(Cc2ccccc2)c2cc(OCc3ccccc3)cc(I)c21. The maximum atomic E-state index is 6.13. The molecule has 1 atom stereocenters. The zero-order valence-corrected chi connectivity index (χ0v) is 19.3. The van der Waals surface area contributed by atoms with Crippen LogP contribution in [-0.2, 0) is 13.2 Å². The lowest BCUT2D eigenvalue weighted by Crippen LogP contribution is -2.21. The second-order valence-electron chi connectivity index (χ2n) is 6.83. The van der Waals surface area contributed by atoms with Gasteiger partial charge in [0.1, 0.15) is 12.4 Å². The number of alkyl halides is 1. The van der Waals surface area contributed by atoms with E-state index in [9.17, 15) is 0 Å². The molecule has 1 unspecified atom stereocenters. The van der Waals surface area contributed by atoms with Crippen molar-refractivity contribution in [2.75, 3.05) is 15.9 Å². The van der Waals surface area contributed by atoms with E-state index in [0.717, 1.165) is 23.3 Å². The van der Waals surface area contributed by atoms with Gasteiger partial charge in [0, 0.05) is 38.8 Å². The summed E-state index contributed by atoms with van der Waals surface area (Å²) in [4.78, 5) is 2.51. The average molecular weight is 581 g/mol. The van der Waals surface area contributed by atoms with Crippen molar-refractivity contribution in [3.8, 4) is 5.75 Å². The van der Waals surface area contributed by atoms with Crippen LogP contribution in [0.25, 0.3) is 0 Å². The van der Waals surface area contributed by atoms with E-state index in [1.807, 2.05) is 6.07 Å². The molecule has 1 heterocycles. The Hall–Kier alpha value is -1.28. The van der Waals surface area contributed by atoms with Crippen LogP contribution in [0.15, 0.2) is 72.8 Å². The van der Waals surface area contributed by atoms with Gasteiger partial charge in [-0.05, 0) is 45.3 Å². The topological polar surface area (TPSA) is 12.5 Å². The Labute approximate surface area is 188 Å². The summed E-state index contributed by atoms with van der Waals surface area (Å²) in [5.41, 5.74) is 5.35. The highest BCUT2D eigenvalue weighted by atomic mass is 127. The van der Waals surface area contributed by atoms with E-state index < -0.39 is 0 Å². The van der Waals surface area contributed by atoms with Crippen molar-refractivity contribution in [3.63, 3.8) is 0 Å². The van der Waals surface area contributed by atoms with Gasteiger partial charge in [-0.1, -0.05) is 83.3 Å². The van der Waals surface area contributed by atoms with Gasteiger partial charge in [0.2, 0.25) is 0 Å². The van der Waals surface area contributed by atoms with Crippen LogP contribution in [0.4, 0.5) is 5.69 Å². The largest absolute Gasteiger partial charge is 0.489 e. The molecule has 0 bridgehead atoms. The Morgan fingerprint density at radius 3 is 2.26 bits per heavy atom. The van der Waals surface area contributed by atoms with Crippen molar-refractivity contribution in [2.24, 2.45) is 0 Å². The lowest BCUT2D eigenvalue weighted by molar-refractivity contribution is 0.306. The van der Waals surface area contributed by atoms with E-state index in [-0.39, 0.29) is 0 Å². The molecule has 0 saturated heterocycles. The molecular weight excluding hydrogens is 560 g/mol. The molecule has 0 radical (unpaired) electrons. The predicted molar refractivity (Wildman–Crippen MR) is 129 cm³/mol. The van der Waals surface area contributed by atoms with Crippen LogP contribution in [0.3, 0.4) is 0 Å². The summed E-state index contributed by atoms with van der Waals surface area (Å²) < 4.78 is 8.58. The van der Waals surface area contributed by atoms with Gasteiger partial charge in [0.15, 0.2) is 0 Å². The number of hydrogen-bond acceptors (Lipinski definition) is 2. The van der Waals surface area contributed by atoms with Crippen molar-refractivity contribution in [2.45, 2.75) is 19.1 Å². The first-order chi connectivity index (χ1) is 13.2. The van der Waals surface area contributed by atoms with Crippen molar-refractivity contribution in [3.05, 3.63) is 93.1 Å². The van der Waals surface area contributed by atoms with Crippen molar-refractivity contribution >= 4 is 50.9 Å². The fourth-order valence-electron chi connectivity index (χ4n) is 3.60. The molecule has 2 nitrogen and oxygen atoms in total. The molecule has 0 spiro atoms. The number of halogens is 2. The lowest BCUT2D eigenvalue weighted by atomic mass is 10.0. The zero-order chi connectivity index (χ0) is 18.6. The maximum Gasteiger partial charge on any atom is 0.122 e. The number of ether oxygens (including phenoxy) is 1. The molecule has 0 aromatic heterocycles.